The molecular weight excluding hydrogens is 367 g/mol. The number of aromatic nitrogens is 1. The second-order valence-corrected chi connectivity index (χ2v) is 5.35. The molecule has 0 saturated carbocycles. The molecule has 0 aliphatic carbocycles. The molecule has 0 unspecified atom stereocenters. The summed E-state index contributed by atoms with van der Waals surface area (Å²) in [5.74, 6) is 0.196. The molecule has 1 aromatic heterocycles. The van der Waals surface area contributed by atoms with E-state index in [-0.39, 0.29) is 5.91 Å². The number of hydrogen-bond acceptors (Lipinski definition) is 3. The Morgan fingerprint density at radius 1 is 1.35 bits per heavy atom. The van der Waals surface area contributed by atoms with Crippen molar-refractivity contribution in [3.63, 3.8) is 0 Å². The number of hydrogen-bond donors (Lipinski definition) is 1. The van der Waals surface area contributed by atoms with Crippen molar-refractivity contribution in [1.29, 1.82) is 0 Å². The van der Waals surface area contributed by atoms with Gasteiger partial charge in [0.1, 0.15) is 5.56 Å². The van der Waals surface area contributed by atoms with Gasteiger partial charge in [0.15, 0.2) is 0 Å². The number of halogens is 1. The van der Waals surface area contributed by atoms with Gasteiger partial charge in [-0.3, -0.25) is 4.79 Å². The Labute approximate surface area is 131 Å². The van der Waals surface area contributed by atoms with E-state index in [0.29, 0.717) is 24.6 Å². The molecule has 1 amide bonds. The van der Waals surface area contributed by atoms with E-state index >= 15 is 0 Å². The van der Waals surface area contributed by atoms with Crippen molar-refractivity contribution in [2.45, 2.75) is 13.5 Å². The van der Waals surface area contributed by atoms with Crippen molar-refractivity contribution in [1.82, 2.24) is 10.3 Å². The SMILES string of the molecule is CCOc1ncc(I)cc1C(=O)NCc1ccccc1. The van der Waals surface area contributed by atoms with Crippen molar-refractivity contribution < 1.29 is 9.53 Å². The highest BCUT2D eigenvalue weighted by atomic mass is 127. The van der Waals surface area contributed by atoms with Crippen LogP contribution in [0.2, 0.25) is 0 Å². The van der Waals surface area contributed by atoms with E-state index in [2.05, 4.69) is 32.9 Å². The molecule has 4 nitrogen and oxygen atoms in total. The number of amides is 1. The topological polar surface area (TPSA) is 51.2 Å². The Morgan fingerprint density at radius 2 is 2.10 bits per heavy atom. The summed E-state index contributed by atoms with van der Waals surface area (Å²) in [6.45, 7) is 2.83. The normalized spacial score (nSPS) is 10.1. The van der Waals surface area contributed by atoms with Crippen molar-refractivity contribution in [2.24, 2.45) is 0 Å². The summed E-state index contributed by atoms with van der Waals surface area (Å²) in [5, 5.41) is 2.88. The lowest BCUT2D eigenvalue weighted by Crippen LogP contribution is -2.24. The molecule has 20 heavy (non-hydrogen) atoms. The molecule has 2 rings (SSSR count). The molecule has 104 valence electrons. The fourth-order valence-corrected chi connectivity index (χ4v) is 2.17. The average molecular weight is 382 g/mol. The van der Waals surface area contributed by atoms with Gasteiger partial charge in [-0.05, 0) is 41.1 Å². The van der Waals surface area contributed by atoms with Crippen LogP contribution < -0.4 is 10.1 Å². The minimum Gasteiger partial charge on any atom is -0.477 e. The molecule has 0 fully saturated rings. The second-order valence-electron chi connectivity index (χ2n) is 4.11. The smallest absolute Gasteiger partial charge is 0.257 e. The van der Waals surface area contributed by atoms with Gasteiger partial charge in [-0.1, -0.05) is 30.3 Å². The molecule has 0 spiro atoms. The first-order valence-corrected chi connectivity index (χ1v) is 7.39. The molecule has 1 heterocycles. The van der Waals surface area contributed by atoms with Gasteiger partial charge in [0.25, 0.3) is 5.91 Å². The quantitative estimate of drug-likeness (QED) is 0.809. The molecule has 0 radical (unpaired) electrons. The van der Waals surface area contributed by atoms with E-state index in [0.717, 1.165) is 9.13 Å². The summed E-state index contributed by atoms with van der Waals surface area (Å²) >= 11 is 2.13. The third kappa shape index (κ3) is 3.93. The molecule has 0 saturated heterocycles. The molecule has 5 heteroatoms. The van der Waals surface area contributed by atoms with Gasteiger partial charge in [0.05, 0.1) is 6.61 Å². The number of nitrogens with zero attached hydrogens (tertiary/aromatic N) is 1. The average Bonchev–Trinajstić information content (AvgIpc) is 2.48. The van der Waals surface area contributed by atoms with Gasteiger partial charge in [-0.25, -0.2) is 4.98 Å². The number of benzene rings is 1. The van der Waals surface area contributed by atoms with Gasteiger partial charge in [0, 0.05) is 16.3 Å². The highest BCUT2D eigenvalue weighted by molar-refractivity contribution is 14.1. The zero-order chi connectivity index (χ0) is 14.4. The lowest BCUT2D eigenvalue weighted by Gasteiger charge is -2.10. The summed E-state index contributed by atoms with van der Waals surface area (Å²) in [6.07, 6.45) is 1.68. The van der Waals surface area contributed by atoms with Crippen LogP contribution in [0.25, 0.3) is 0 Å². The molecular formula is C15H15IN2O2. The molecule has 0 aliphatic heterocycles. The van der Waals surface area contributed by atoms with Crippen molar-refractivity contribution in [2.75, 3.05) is 6.61 Å². The highest BCUT2D eigenvalue weighted by Gasteiger charge is 2.14. The Balaban J connectivity index is 2.10. The maximum atomic E-state index is 12.2. The Morgan fingerprint density at radius 3 is 2.80 bits per heavy atom. The third-order valence-electron chi connectivity index (χ3n) is 2.64. The zero-order valence-corrected chi connectivity index (χ0v) is 13.3. The summed E-state index contributed by atoms with van der Waals surface area (Å²) in [7, 11) is 0. The molecule has 1 N–H and O–H groups in total. The minimum absolute atomic E-state index is 0.177. The van der Waals surface area contributed by atoms with E-state index in [4.69, 9.17) is 4.74 Å². The van der Waals surface area contributed by atoms with Gasteiger partial charge in [0.2, 0.25) is 5.88 Å². The van der Waals surface area contributed by atoms with E-state index in [9.17, 15) is 4.79 Å². The van der Waals surface area contributed by atoms with Gasteiger partial charge in [-0.2, -0.15) is 0 Å². The Hall–Kier alpha value is -1.63. The van der Waals surface area contributed by atoms with Crippen LogP contribution in [0.5, 0.6) is 5.88 Å². The standard InChI is InChI=1S/C15H15IN2O2/c1-2-20-15-13(8-12(16)10-18-15)14(19)17-9-11-6-4-3-5-7-11/h3-8,10H,2,9H2,1H3,(H,17,19). The summed E-state index contributed by atoms with van der Waals surface area (Å²) in [4.78, 5) is 16.4. The zero-order valence-electron chi connectivity index (χ0n) is 11.1. The van der Waals surface area contributed by atoms with Gasteiger partial charge < -0.3 is 10.1 Å². The maximum absolute atomic E-state index is 12.2. The first-order chi connectivity index (χ1) is 9.70. The van der Waals surface area contributed by atoms with Crippen LogP contribution in [0.15, 0.2) is 42.6 Å². The molecule has 0 atom stereocenters. The van der Waals surface area contributed by atoms with Gasteiger partial charge >= 0.3 is 0 Å². The molecule has 0 bridgehead atoms. The number of ether oxygens (including phenoxy) is 1. The van der Waals surface area contributed by atoms with Crippen LogP contribution in [-0.4, -0.2) is 17.5 Å². The minimum atomic E-state index is -0.177. The van der Waals surface area contributed by atoms with Crippen LogP contribution in [0.4, 0.5) is 0 Å². The Kier molecular flexibility index (Phi) is 5.34. The first kappa shape index (κ1) is 14.8. The fourth-order valence-electron chi connectivity index (χ4n) is 1.71. The first-order valence-electron chi connectivity index (χ1n) is 6.31. The Bertz CT molecular complexity index is 588. The lowest BCUT2D eigenvalue weighted by molar-refractivity contribution is 0.0946. The number of carbonyl (C=O) groups is 1. The van der Waals surface area contributed by atoms with E-state index < -0.39 is 0 Å². The van der Waals surface area contributed by atoms with Crippen LogP contribution in [0, 0.1) is 3.57 Å². The molecule has 1 aromatic carbocycles. The maximum Gasteiger partial charge on any atom is 0.257 e. The second kappa shape index (κ2) is 7.23. The highest BCUT2D eigenvalue weighted by Crippen LogP contribution is 2.18. The summed E-state index contributed by atoms with van der Waals surface area (Å²) < 4.78 is 6.29. The lowest BCUT2D eigenvalue weighted by atomic mass is 10.2. The molecule has 0 aliphatic rings. The predicted octanol–water partition coefficient (Wildman–Crippen LogP) is 3.01. The number of nitrogens with one attached hydrogen (secondary N) is 1. The summed E-state index contributed by atoms with van der Waals surface area (Å²) in [6, 6.07) is 11.6. The van der Waals surface area contributed by atoms with E-state index in [1.807, 2.05) is 37.3 Å². The monoisotopic (exact) mass is 382 g/mol. The number of rotatable bonds is 5. The van der Waals surface area contributed by atoms with Crippen molar-refractivity contribution in [3.8, 4) is 5.88 Å². The number of pyridine rings is 1. The largest absolute Gasteiger partial charge is 0.477 e. The van der Waals surface area contributed by atoms with Crippen molar-refractivity contribution in [3.05, 3.63) is 57.3 Å². The predicted molar refractivity (Wildman–Crippen MR) is 85.7 cm³/mol. The molecule has 2 aromatic rings. The van der Waals surface area contributed by atoms with E-state index in [1.165, 1.54) is 0 Å². The van der Waals surface area contributed by atoms with Crippen LogP contribution in [0.1, 0.15) is 22.8 Å². The van der Waals surface area contributed by atoms with Crippen LogP contribution in [0.3, 0.4) is 0 Å². The third-order valence-corrected chi connectivity index (χ3v) is 3.23. The number of carbonyl (C=O) groups excluding carboxylic acids is 1. The van der Waals surface area contributed by atoms with Crippen LogP contribution >= 0.6 is 22.6 Å². The van der Waals surface area contributed by atoms with Gasteiger partial charge in [-0.15, -0.1) is 0 Å². The summed E-state index contributed by atoms with van der Waals surface area (Å²) in [5.41, 5.74) is 1.52. The fraction of sp³-hybridized carbons (Fsp3) is 0.200. The van der Waals surface area contributed by atoms with Crippen LogP contribution in [-0.2, 0) is 6.54 Å². The van der Waals surface area contributed by atoms with E-state index in [1.54, 1.807) is 12.3 Å². The van der Waals surface area contributed by atoms with Crippen molar-refractivity contribution >= 4 is 28.5 Å².